The van der Waals surface area contributed by atoms with Crippen molar-refractivity contribution >= 4 is 0 Å². The van der Waals surface area contributed by atoms with E-state index < -0.39 is 6.43 Å². The van der Waals surface area contributed by atoms with Crippen molar-refractivity contribution in [1.82, 2.24) is 0 Å². The Hall–Kier alpha value is -0.660. The van der Waals surface area contributed by atoms with Crippen LogP contribution in [0.4, 0.5) is 8.78 Å². The van der Waals surface area contributed by atoms with E-state index in [2.05, 4.69) is 0 Å². The van der Waals surface area contributed by atoms with Gasteiger partial charge in [0.2, 0.25) is 6.43 Å². The van der Waals surface area contributed by atoms with E-state index in [-0.39, 0.29) is 12.3 Å². The molecule has 0 radical (unpaired) electrons. The van der Waals surface area contributed by atoms with Crippen LogP contribution < -0.4 is 0 Å². The average Bonchev–Trinajstić information content (AvgIpc) is 1.84. The fraction of sp³-hybridized carbons (Fsp3) is 0.600. The normalized spacial score (nSPS) is 13.8. The molecule has 0 saturated carbocycles. The highest BCUT2D eigenvalue weighted by Crippen LogP contribution is 2.11. The summed E-state index contributed by atoms with van der Waals surface area (Å²) >= 11 is 0. The van der Waals surface area contributed by atoms with E-state index in [1.165, 1.54) is 5.57 Å². The van der Waals surface area contributed by atoms with Crippen LogP contribution in [-0.2, 0) is 0 Å². The van der Waals surface area contributed by atoms with Gasteiger partial charge in [-0.15, -0.1) is 0 Å². The van der Waals surface area contributed by atoms with Crippen molar-refractivity contribution < 1.29 is 8.78 Å². The molecule has 0 aliphatic heterocycles. The van der Waals surface area contributed by atoms with Crippen LogP contribution in [0.1, 0.15) is 27.2 Å². The van der Waals surface area contributed by atoms with Crippen LogP contribution in [0.2, 0.25) is 0 Å². The third-order valence-electron chi connectivity index (χ3n) is 1.42. The second kappa shape index (κ2) is 5.92. The van der Waals surface area contributed by atoms with Crippen LogP contribution in [0.5, 0.6) is 0 Å². The molecule has 0 saturated heterocycles. The van der Waals surface area contributed by atoms with E-state index in [1.807, 2.05) is 26.0 Å². The van der Waals surface area contributed by atoms with Gasteiger partial charge >= 0.3 is 0 Å². The standard InChI is InChI=1S/C10H16F2/c1-8(2)5-4-6-9(3)7-10(11)12/h4-6,9-10H,7H2,1-3H3/b6-4-. The quantitative estimate of drug-likeness (QED) is 0.569. The largest absolute Gasteiger partial charge is 0.239 e. The summed E-state index contributed by atoms with van der Waals surface area (Å²) in [7, 11) is 0. The fourth-order valence-electron chi connectivity index (χ4n) is 0.797. The van der Waals surface area contributed by atoms with Gasteiger partial charge in [-0.3, -0.25) is 0 Å². The number of rotatable bonds is 4. The van der Waals surface area contributed by atoms with Gasteiger partial charge < -0.3 is 0 Å². The van der Waals surface area contributed by atoms with Gasteiger partial charge in [0.1, 0.15) is 0 Å². The van der Waals surface area contributed by atoms with E-state index in [0.29, 0.717) is 0 Å². The molecule has 0 rings (SSSR count). The van der Waals surface area contributed by atoms with Gasteiger partial charge in [0.05, 0.1) is 0 Å². The Bertz CT molecular complexity index is 165. The van der Waals surface area contributed by atoms with E-state index in [1.54, 1.807) is 13.0 Å². The number of allylic oxidation sites excluding steroid dienone is 4. The van der Waals surface area contributed by atoms with Gasteiger partial charge in [-0.05, 0) is 19.8 Å². The SMILES string of the molecule is CC(C)=C/C=C\C(C)CC(F)F. The summed E-state index contributed by atoms with van der Waals surface area (Å²) < 4.78 is 23.6. The van der Waals surface area contributed by atoms with E-state index >= 15 is 0 Å². The molecule has 0 N–H and O–H groups in total. The molecule has 1 unspecified atom stereocenters. The molecule has 0 bridgehead atoms. The number of halogens is 2. The minimum atomic E-state index is -2.20. The predicted octanol–water partition coefficient (Wildman–Crippen LogP) is 3.80. The lowest BCUT2D eigenvalue weighted by molar-refractivity contribution is 0.126. The Morgan fingerprint density at radius 3 is 2.33 bits per heavy atom. The Morgan fingerprint density at radius 2 is 1.92 bits per heavy atom. The van der Waals surface area contributed by atoms with Crippen LogP contribution in [0, 0.1) is 5.92 Å². The van der Waals surface area contributed by atoms with Crippen molar-refractivity contribution in [3.8, 4) is 0 Å². The molecule has 0 aromatic heterocycles. The number of hydrogen-bond donors (Lipinski definition) is 0. The first-order valence-electron chi connectivity index (χ1n) is 4.12. The third-order valence-corrected chi connectivity index (χ3v) is 1.42. The first-order valence-corrected chi connectivity index (χ1v) is 4.12. The Morgan fingerprint density at radius 1 is 1.33 bits per heavy atom. The molecule has 0 aliphatic carbocycles. The van der Waals surface area contributed by atoms with Crippen molar-refractivity contribution in [2.24, 2.45) is 5.92 Å². The molecule has 1 atom stereocenters. The van der Waals surface area contributed by atoms with Crippen molar-refractivity contribution in [3.05, 3.63) is 23.8 Å². The summed E-state index contributed by atoms with van der Waals surface area (Å²) in [6.45, 7) is 5.74. The number of hydrogen-bond acceptors (Lipinski definition) is 0. The molecular weight excluding hydrogens is 158 g/mol. The first-order chi connectivity index (χ1) is 5.52. The highest BCUT2D eigenvalue weighted by Gasteiger charge is 2.06. The Kier molecular flexibility index (Phi) is 5.60. The highest BCUT2D eigenvalue weighted by molar-refractivity contribution is 5.08. The van der Waals surface area contributed by atoms with Crippen LogP contribution in [-0.4, -0.2) is 6.43 Å². The lowest BCUT2D eigenvalue weighted by atomic mass is 10.1. The fourth-order valence-corrected chi connectivity index (χ4v) is 0.797. The van der Waals surface area contributed by atoms with E-state index in [0.717, 1.165) is 0 Å². The molecule has 2 heteroatoms. The predicted molar refractivity (Wildman–Crippen MR) is 48.4 cm³/mol. The Labute approximate surface area is 73.0 Å². The minimum Gasteiger partial charge on any atom is -0.211 e. The van der Waals surface area contributed by atoms with Crippen molar-refractivity contribution in [2.45, 2.75) is 33.6 Å². The maximum Gasteiger partial charge on any atom is 0.239 e. The van der Waals surface area contributed by atoms with Crippen molar-refractivity contribution in [1.29, 1.82) is 0 Å². The molecule has 70 valence electrons. The van der Waals surface area contributed by atoms with Crippen LogP contribution in [0.25, 0.3) is 0 Å². The second-order valence-corrected chi connectivity index (χ2v) is 3.23. The third kappa shape index (κ3) is 7.45. The van der Waals surface area contributed by atoms with Gasteiger partial charge in [-0.2, -0.15) is 0 Å². The van der Waals surface area contributed by atoms with Crippen molar-refractivity contribution in [2.75, 3.05) is 0 Å². The van der Waals surface area contributed by atoms with Crippen LogP contribution >= 0.6 is 0 Å². The van der Waals surface area contributed by atoms with Gasteiger partial charge in [0, 0.05) is 6.42 Å². The second-order valence-electron chi connectivity index (χ2n) is 3.23. The molecule has 0 aromatic rings. The molecule has 0 aliphatic rings. The first kappa shape index (κ1) is 11.3. The Balaban J connectivity index is 3.75. The zero-order chi connectivity index (χ0) is 9.56. The summed E-state index contributed by atoms with van der Waals surface area (Å²) in [5.41, 5.74) is 1.18. The topological polar surface area (TPSA) is 0 Å². The summed E-state index contributed by atoms with van der Waals surface area (Å²) in [5.74, 6) is -0.0411. The van der Waals surface area contributed by atoms with Crippen LogP contribution in [0.15, 0.2) is 23.8 Å². The van der Waals surface area contributed by atoms with Gasteiger partial charge in [-0.25, -0.2) is 8.78 Å². The summed E-state index contributed by atoms with van der Waals surface area (Å²) in [6, 6.07) is 0. The smallest absolute Gasteiger partial charge is 0.211 e. The van der Waals surface area contributed by atoms with Gasteiger partial charge in [0.15, 0.2) is 0 Å². The zero-order valence-electron chi connectivity index (χ0n) is 7.85. The summed E-state index contributed by atoms with van der Waals surface area (Å²) in [5, 5.41) is 0. The lowest BCUT2D eigenvalue weighted by Gasteiger charge is -2.02. The molecule has 0 heterocycles. The van der Waals surface area contributed by atoms with Crippen LogP contribution in [0.3, 0.4) is 0 Å². The zero-order valence-corrected chi connectivity index (χ0v) is 7.85. The minimum absolute atomic E-state index is 0.0411. The van der Waals surface area contributed by atoms with Gasteiger partial charge in [-0.1, -0.05) is 30.7 Å². The summed E-state index contributed by atoms with van der Waals surface area (Å²) in [6.07, 6.45) is 3.31. The maximum atomic E-state index is 11.8. The molecule has 0 aromatic carbocycles. The van der Waals surface area contributed by atoms with E-state index in [4.69, 9.17) is 0 Å². The molecular formula is C10H16F2. The number of alkyl halides is 2. The highest BCUT2D eigenvalue weighted by atomic mass is 19.3. The summed E-state index contributed by atoms with van der Waals surface area (Å²) in [4.78, 5) is 0. The average molecular weight is 174 g/mol. The monoisotopic (exact) mass is 174 g/mol. The molecule has 12 heavy (non-hydrogen) atoms. The molecule has 0 fully saturated rings. The molecule has 0 amide bonds. The molecule has 0 spiro atoms. The molecule has 0 nitrogen and oxygen atoms in total. The van der Waals surface area contributed by atoms with Gasteiger partial charge in [0.25, 0.3) is 0 Å². The van der Waals surface area contributed by atoms with Crippen molar-refractivity contribution in [3.63, 3.8) is 0 Å². The van der Waals surface area contributed by atoms with E-state index in [9.17, 15) is 8.78 Å². The maximum absolute atomic E-state index is 11.8. The lowest BCUT2D eigenvalue weighted by Crippen LogP contribution is -1.97.